The van der Waals surface area contributed by atoms with Crippen molar-refractivity contribution in [2.45, 2.75) is 26.2 Å². The molecule has 0 aliphatic carbocycles. The molecule has 4 heteroatoms. The summed E-state index contributed by atoms with van der Waals surface area (Å²) < 4.78 is 5.79. The normalized spacial score (nSPS) is 16.8. The van der Waals surface area contributed by atoms with E-state index in [0.717, 1.165) is 17.9 Å². The van der Waals surface area contributed by atoms with Gasteiger partial charge in [0.05, 0.1) is 5.02 Å². The summed E-state index contributed by atoms with van der Waals surface area (Å²) in [6.45, 7) is 6.00. The molecule has 18 heavy (non-hydrogen) atoms. The Morgan fingerprint density at radius 2 is 1.89 bits per heavy atom. The molecule has 1 aliphatic rings. The largest absolute Gasteiger partial charge is 0.490 e. The van der Waals surface area contributed by atoms with Crippen LogP contribution in [0.25, 0.3) is 0 Å². The molecule has 0 saturated carbocycles. The van der Waals surface area contributed by atoms with E-state index in [-0.39, 0.29) is 0 Å². The molecular formula is C14H19Cl2NO. The predicted octanol–water partition coefficient (Wildman–Crippen LogP) is 4.17. The van der Waals surface area contributed by atoms with Gasteiger partial charge in [-0.2, -0.15) is 0 Å². The fourth-order valence-electron chi connectivity index (χ4n) is 2.33. The van der Waals surface area contributed by atoms with Gasteiger partial charge in [0, 0.05) is 11.6 Å². The Hall–Kier alpha value is -0.440. The molecule has 2 rings (SSSR count). The smallest absolute Gasteiger partial charge is 0.140 e. The fourth-order valence-corrected chi connectivity index (χ4v) is 2.98. The monoisotopic (exact) mass is 287 g/mol. The maximum absolute atomic E-state index is 6.13. The number of likely N-dealkylation sites (tertiary alicyclic amines) is 1. The Morgan fingerprint density at radius 1 is 1.17 bits per heavy atom. The lowest BCUT2D eigenvalue weighted by molar-refractivity contribution is 0.183. The van der Waals surface area contributed by atoms with Gasteiger partial charge in [-0.1, -0.05) is 29.6 Å². The third kappa shape index (κ3) is 3.78. The summed E-state index contributed by atoms with van der Waals surface area (Å²) >= 11 is 12.1. The van der Waals surface area contributed by atoms with E-state index < -0.39 is 0 Å². The van der Waals surface area contributed by atoms with Crippen LogP contribution >= 0.6 is 23.2 Å². The second kappa shape index (κ2) is 6.65. The van der Waals surface area contributed by atoms with Gasteiger partial charge in [0.2, 0.25) is 0 Å². The minimum Gasteiger partial charge on any atom is -0.490 e. The molecule has 1 aliphatic heterocycles. The quantitative estimate of drug-likeness (QED) is 0.824. The summed E-state index contributed by atoms with van der Waals surface area (Å²) in [6.07, 6.45) is 3.97. The van der Waals surface area contributed by atoms with Crippen LogP contribution in [0.4, 0.5) is 0 Å². The minimum absolute atomic E-state index is 0.596. The number of hydrogen-bond donors (Lipinski definition) is 0. The van der Waals surface area contributed by atoms with E-state index in [1.807, 2.05) is 13.0 Å². The van der Waals surface area contributed by atoms with Crippen LogP contribution in [0.5, 0.6) is 5.75 Å². The standard InChI is InChI=1S/C14H19Cl2NO/c1-11-9-12(15)10-13(16)14(11)18-8-7-17-5-3-2-4-6-17/h9-10H,2-8H2,1H3. The summed E-state index contributed by atoms with van der Waals surface area (Å²) in [5.74, 6) is 0.762. The summed E-state index contributed by atoms with van der Waals surface area (Å²) in [6, 6.07) is 3.61. The Labute approximate surface area is 119 Å². The lowest BCUT2D eigenvalue weighted by atomic mass is 10.1. The maximum Gasteiger partial charge on any atom is 0.140 e. The van der Waals surface area contributed by atoms with Crippen molar-refractivity contribution in [3.05, 3.63) is 27.7 Å². The summed E-state index contributed by atoms with van der Waals surface area (Å²) in [7, 11) is 0. The van der Waals surface area contributed by atoms with Crippen molar-refractivity contribution in [2.75, 3.05) is 26.2 Å². The third-order valence-electron chi connectivity index (χ3n) is 3.30. The molecule has 2 nitrogen and oxygen atoms in total. The lowest BCUT2D eigenvalue weighted by Crippen LogP contribution is -2.33. The Morgan fingerprint density at radius 3 is 2.56 bits per heavy atom. The molecule has 0 radical (unpaired) electrons. The Kier molecular flexibility index (Phi) is 5.16. The zero-order chi connectivity index (χ0) is 13.0. The van der Waals surface area contributed by atoms with E-state index in [2.05, 4.69) is 4.90 Å². The molecule has 1 heterocycles. The molecule has 0 amide bonds. The van der Waals surface area contributed by atoms with Gasteiger partial charge >= 0.3 is 0 Å². The summed E-state index contributed by atoms with van der Waals surface area (Å²) in [4.78, 5) is 2.45. The first-order valence-corrected chi connectivity index (χ1v) is 7.23. The highest BCUT2D eigenvalue weighted by Crippen LogP contribution is 2.31. The zero-order valence-corrected chi connectivity index (χ0v) is 12.2. The lowest BCUT2D eigenvalue weighted by Gasteiger charge is -2.26. The van der Waals surface area contributed by atoms with Crippen molar-refractivity contribution in [3.63, 3.8) is 0 Å². The van der Waals surface area contributed by atoms with Crippen molar-refractivity contribution in [3.8, 4) is 5.75 Å². The molecule has 0 atom stereocenters. The molecule has 1 aromatic carbocycles. The average Bonchev–Trinajstić information content (AvgIpc) is 2.34. The highest BCUT2D eigenvalue weighted by atomic mass is 35.5. The van der Waals surface area contributed by atoms with E-state index in [1.165, 1.54) is 32.4 Å². The molecule has 0 aromatic heterocycles. The molecule has 0 spiro atoms. The summed E-state index contributed by atoms with van der Waals surface area (Å²) in [5.41, 5.74) is 0.992. The molecule has 0 N–H and O–H groups in total. The average molecular weight is 288 g/mol. The Bertz CT molecular complexity index is 380. The molecule has 0 unspecified atom stereocenters. The van der Waals surface area contributed by atoms with Crippen molar-refractivity contribution in [1.29, 1.82) is 0 Å². The number of aryl methyl sites for hydroxylation is 1. The van der Waals surface area contributed by atoms with E-state index in [1.54, 1.807) is 6.07 Å². The number of nitrogens with zero attached hydrogens (tertiary/aromatic N) is 1. The van der Waals surface area contributed by atoms with Crippen LogP contribution in [0.2, 0.25) is 10.0 Å². The van der Waals surface area contributed by atoms with Crippen molar-refractivity contribution >= 4 is 23.2 Å². The Balaban J connectivity index is 1.86. The number of piperidine rings is 1. The molecule has 1 aromatic rings. The van der Waals surface area contributed by atoms with E-state index in [0.29, 0.717) is 16.7 Å². The van der Waals surface area contributed by atoms with E-state index >= 15 is 0 Å². The van der Waals surface area contributed by atoms with Gasteiger partial charge in [-0.3, -0.25) is 4.90 Å². The van der Waals surface area contributed by atoms with Crippen LogP contribution in [0.15, 0.2) is 12.1 Å². The molecule has 100 valence electrons. The predicted molar refractivity (Wildman–Crippen MR) is 77.0 cm³/mol. The molecule has 0 bridgehead atoms. The second-order valence-electron chi connectivity index (χ2n) is 4.78. The first-order valence-electron chi connectivity index (χ1n) is 6.47. The van der Waals surface area contributed by atoms with Crippen LogP contribution in [0, 0.1) is 6.92 Å². The van der Waals surface area contributed by atoms with Gasteiger partial charge < -0.3 is 4.74 Å². The number of benzene rings is 1. The first-order chi connectivity index (χ1) is 8.66. The fraction of sp³-hybridized carbons (Fsp3) is 0.571. The van der Waals surface area contributed by atoms with Crippen molar-refractivity contribution in [2.24, 2.45) is 0 Å². The SMILES string of the molecule is Cc1cc(Cl)cc(Cl)c1OCCN1CCCCC1. The maximum atomic E-state index is 6.13. The number of rotatable bonds is 4. The highest BCUT2D eigenvalue weighted by Gasteiger charge is 2.11. The van der Waals surface area contributed by atoms with Gasteiger partial charge in [0.15, 0.2) is 0 Å². The van der Waals surface area contributed by atoms with Crippen molar-refractivity contribution in [1.82, 2.24) is 4.90 Å². The summed E-state index contributed by atoms with van der Waals surface area (Å²) in [5, 5.41) is 1.25. The molecule has 1 fully saturated rings. The van der Waals surface area contributed by atoms with Gasteiger partial charge in [-0.05, 0) is 50.6 Å². The molecular weight excluding hydrogens is 269 g/mol. The van der Waals surface area contributed by atoms with E-state index in [9.17, 15) is 0 Å². The van der Waals surface area contributed by atoms with Crippen LogP contribution < -0.4 is 4.74 Å². The van der Waals surface area contributed by atoms with Crippen molar-refractivity contribution < 1.29 is 4.74 Å². The van der Waals surface area contributed by atoms with Gasteiger partial charge in [-0.15, -0.1) is 0 Å². The van der Waals surface area contributed by atoms with Crippen LogP contribution in [0.3, 0.4) is 0 Å². The topological polar surface area (TPSA) is 12.5 Å². The highest BCUT2D eigenvalue weighted by molar-refractivity contribution is 6.35. The van der Waals surface area contributed by atoms with Crippen LogP contribution in [0.1, 0.15) is 24.8 Å². The minimum atomic E-state index is 0.596. The van der Waals surface area contributed by atoms with Crippen LogP contribution in [-0.4, -0.2) is 31.1 Å². The number of ether oxygens (including phenoxy) is 1. The van der Waals surface area contributed by atoms with Gasteiger partial charge in [0.1, 0.15) is 12.4 Å². The first kappa shape index (κ1) is 14.0. The van der Waals surface area contributed by atoms with Gasteiger partial charge in [-0.25, -0.2) is 0 Å². The third-order valence-corrected chi connectivity index (χ3v) is 3.80. The van der Waals surface area contributed by atoms with Gasteiger partial charge in [0.25, 0.3) is 0 Å². The van der Waals surface area contributed by atoms with Crippen LogP contribution in [-0.2, 0) is 0 Å². The number of hydrogen-bond acceptors (Lipinski definition) is 2. The zero-order valence-electron chi connectivity index (χ0n) is 10.7. The second-order valence-corrected chi connectivity index (χ2v) is 5.63. The number of halogens is 2. The molecule has 1 saturated heterocycles. The van der Waals surface area contributed by atoms with E-state index in [4.69, 9.17) is 27.9 Å².